The van der Waals surface area contributed by atoms with Crippen molar-refractivity contribution < 1.29 is 63.1 Å². The second-order valence-electron chi connectivity index (χ2n) is 15.2. The number of aliphatic hydroxyl groups excluding tert-OH is 1. The number of nitrogens with one attached hydrogen (secondary N) is 6. The van der Waals surface area contributed by atoms with Crippen molar-refractivity contribution in [1.29, 1.82) is 0 Å². The number of carboxylic acid groups (broad SMARTS) is 2. The molecule has 0 saturated carbocycles. The first-order valence-corrected chi connectivity index (χ1v) is 20.7. The molecule has 336 valence electrons. The molecule has 63 heavy (non-hydrogen) atoms. The number of benzene rings is 3. The molecule has 5 amide bonds. The smallest absolute Gasteiger partial charge is 0.340 e. The lowest BCUT2D eigenvalue weighted by Crippen LogP contribution is -2.44. The number of ether oxygens (including phenoxy) is 2. The van der Waals surface area contributed by atoms with Crippen LogP contribution in [0, 0.1) is 0 Å². The topological polar surface area (TPSA) is 288 Å². The molecule has 3 aromatic rings. The van der Waals surface area contributed by atoms with Gasteiger partial charge >= 0.3 is 17.9 Å². The molecular formula is C44H52N6O13. The van der Waals surface area contributed by atoms with Crippen molar-refractivity contribution >= 4 is 58.8 Å². The summed E-state index contributed by atoms with van der Waals surface area (Å²) >= 11 is 0. The number of aliphatic carboxylic acids is 2. The summed E-state index contributed by atoms with van der Waals surface area (Å²) in [5.74, 6) is -4.46. The molecule has 0 saturated heterocycles. The predicted molar refractivity (Wildman–Crippen MR) is 226 cm³/mol. The van der Waals surface area contributed by atoms with Gasteiger partial charge in [-0.25, -0.2) is 4.79 Å². The normalized spacial score (nSPS) is 15.8. The molecule has 0 aromatic heterocycles. The van der Waals surface area contributed by atoms with Gasteiger partial charge in [0, 0.05) is 73.1 Å². The van der Waals surface area contributed by atoms with Crippen LogP contribution < -0.4 is 36.6 Å². The van der Waals surface area contributed by atoms with Crippen molar-refractivity contribution in [3.63, 3.8) is 0 Å². The number of anilines is 2. The maximum absolute atomic E-state index is 13.6. The lowest BCUT2D eigenvalue weighted by atomic mass is 9.77. The van der Waals surface area contributed by atoms with Crippen molar-refractivity contribution in [2.24, 2.45) is 0 Å². The first kappa shape index (κ1) is 47.2. The highest BCUT2D eigenvalue weighted by Crippen LogP contribution is 2.56. The highest BCUT2D eigenvalue weighted by atomic mass is 16.6. The van der Waals surface area contributed by atoms with Gasteiger partial charge in [0.25, 0.3) is 0 Å². The number of fused-ring (bicyclic) bond motifs is 6. The number of carbonyl (C=O) groups is 8. The van der Waals surface area contributed by atoms with Crippen LogP contribution in [0.2, 0.25) is 0 Å². The third-order valence-corrected chi connectivity index (χ3v) is 10.3. The number of hydrogen-bond acceptors (Lipinski definition) is 12. The van der Waals surface area contributed by atoms with Crippen LogP contribution in [0.4, 0.5) is 11.4 Å². The molecule has 1 spiro atoms. The molecule has 19 heteroatoms. The summed E-state index contributed by atoms with van der Waals surface area (Å²) in [5, 5.41) is 44.1. The second kappa shape index (κ2) is 21.8. The van der Waals surface area contributed by atoms with E-state index in [1.165, 1.54) is 13.8 Å². The van der Waals surface area contributed by atoms with Gasteiger partial charge in [-0.1, -0.05) is 18.2 Å². The van der Waals surface area contributed by atoms with Crippen LogP contribution in [0.15, 0.2) is 60.7 Å². The van der Waals surface area contributed by atoms with Gasteiger partial charge in [-0.05, 0) is 75.8 Å². The molecule has 0 radical (unpaired) electrons. The molecule has 0 bridgehead atoms. The van der Waals surface area contributed by atoms with Crippen LogP contribution in [0.25, 0.3) is 0 Å². The van der Waals surface area contributed by atoms with E-state index >= 15 is 0 Å². The standard InChI is InChI=1S/C44H52N6O13/c1-25(51)47-33(11-5-7-21-45-37(53)17-19-39(55)56)41(59)49-27-13-15-31-35(23-27)62-36-24-28(14-16-32(36)44(31)30-10-4-3-9-29(30)43(61)63-44)50-42(60)34(48-26(2)52)12-6-8-22-46-38(54)18-20-40(57)58/h3-4,9-10,13-16,23-25,33-34,47,51H,5-8,11-12,17-22H2,1-2H3,(H,45,53)(H,46,54)(H,48,52)(H,49,59)(H,50,60)(H,55,56)(H,57,58). The van der Waals surface area contributed by atoms with Gasteiger partial charge in [0.1, 0.15) is 23.8 Å². The number of rotatable bonds is 23. The second-order valence-corrected chi connectivity index (χ2v) is 15.2. The molecule has 2 aliphatic heterocycles. The lowest BCUT2D eigenvalue weighted by Gasteiger charge is -2.37. The van der Waals surface area contributed by atoms with Crippen LogP contribution in [0.1, 0.15) is 105 Å². The Labute approximate surface area is 362 Å². The third kappa shape index (κ3) is 12.6. The average Bonchev–Trinajstić information content (AvgIpc) is 3.52. The molecule has 9 N–H and O–H groups in total. The number of carboxylic acids is 2. The largest absolute Gasteiger partial charge is 0.481 e. The van der Waals surface area contributed by atoms with E-state index in [0.29, 0.717) is 59.3 Å². The zero-order valence-corrected chi connectivity index (χ0v) is 34.9. The Kier molecular flexibility index (Phi) is 16.3. The first-order chi connectivity index (χ1) is 30.1. The number of amides is 5. The number of carbonyl (C=O) groups excluding carboxylic acids is 6. The van der Waals surface area contributed by atoms with E-state index in [9.17, 15) is 43.5 Å². The predicted octanol–water partition coefficient (Wildman–Crippen LogP) is 3.24. The van der Waals surface area contributed by atoms with E-state index < -0.39 is 65.4 Å². The van der Waals surface area contributed by atoms with Crippen molar-refractivity contribution in [2.75, 3.05) is 23.7 Å². The molecule has 19 nitrogen and oxygen atoms in total. The van der Waals surface area contributed by atoms with E-state index in [4.69, 9.17) is 19.7 Å². The Balaban J connectivity index is 1.33. The minimum Gasteiger partial charge on any atom is -0.481 e. The van der Waals surface area contributed by atoms with Crippen LogP contribution in [0.5, 0.6) is 11.5 Å². The van der Waals surface area contributed by atoms with Gasteiger partial charge in [-0.3, -0.25) is 38.9 Å². The highest BCUT2D eigenvalue weighted by molar-refractivity contribution is 5.99. The Morgan fingerprint density at radius 3 is 1.68 bits per heavy atom. The van der Waals surface area contributed by atoms with Crippen LogP contribution >= 0.6 is 0 Å². The van der Waals surface area contributed by atoms with Crippen LogP contribution in [-0.2, 0) is 43.9 Å². The zero-order valence-electron chi connectivity index (χ0n) is 34.9. The maximum atomic E-state index is 13.6. The van der Waals surface area contributed by atoms with Crippen molar-refractivity contribution in [3.05, 3.63) is 82.9 Å². The van der Waals surface area contributed by atoms with Crippen molar-refractivity contribution in [3.8, 4) is 11.5 Å². The summed E-state index contributed by atoms with van der Waals surface area (Å²) < 4.78 is 12.7. The van der Waals surface area contributed by atoms with Crippen LogP contribution in [-0.4, -0.2) is 94.2 Å². The van der Waals surface area contributed by atoms with Gasteiger partial charge < -0.3 is 51.4 Å². The summed E-state index contributed by atoms with van der Waals surface area (Å²) in [5.41, 5.74) is 0.978. The van der Waals surface area contributed by atoms with Gasteiger partial charge in [0.05, 0.1) is 24.4 Å². The fraction of sp³-hybridized carbons (Fsp3) is 0.409. The molecule has 0 fully saturated rings. The zero-order chi connectivity index (χ0) is 45.7. The first-order valence-electron chi connectivity index (χ1n) is 20.7. The lowest BCUT2D eigenvalue weighted by molar-refractivity contribution is -0.139. The fourth-order valence-electron chi connectivity index (χ4n) is 7.41. The molecule has 2 heterocycles. The number of hydrogen-bond donors (Lipinski definition) is 9. The number of esters is 1. The number of aliphatic hydroxyl groups is 1. The Morgan fingerprint density at radius 1 is 0.667 bits per heavy atom. The molecule has 4 atom stereocenters. The van der Waals surface area contributed by atoms with E-state index in [1.54, 1.807) is 60.7 Å². The molecule has 2 aliphatic rings. The summed E-state index contributed by atoms with van der Waals surface area (Å²) in [4.78, 5) is 97.8. The SMILES string of the molecule is CC(=O)NC(CCCCNC(=O)CCC(=O)O)C(=O)Nc1ccc2c(c1)Oc1cc(NC(=O)C(CCCCNC(=O)CCC(=O)O)NC(C)O)ccc1C21OC(=O)c2ccccc21. The summed E-state index contributed by atoms with van der Waals surface area (Å²) in [6, 6.07) is 14.9. The average molecular weight is 873 g/mol. The van der Waals surface area contributed by atoms with Gasteiger partial charge in [0.2, 0.25) is 29.5 Å². The van der Waals surface area contributed by atoms with E-state index in [2.05, 4.69) is 31.9 Å². The number of unbranched alkanes of at least 4 members (excludes halogenated alkanes) is 2. The van der Waals surface area contributed by atoms with Crippen LogP contribution in [0.3, 0.4) is 0 Å². The molecule has 4 unspecified atom stereocenters. The maximum Gasteiger partial charge on any atom is 0.340 e. The molecule has 0 aliphatic carbocycles. The van der Waals surface area contributed by atoms with Crippen molar-refractivity contribution in [1.82, 2.24) is 21.3 Å². The Morgan fingerprint density at radius 2 is 1.17 bits per heavy atom. The van der Waals surface area contributed by atoms with E-state index in [-0.39, 0.29) is 69.0 Å². The Bertz CT molecular complexity index is 2230. The quantitative estimate of drug-likeness (QED) is 0.0376. The third-order valence-electron chi connectivity index (χ3n) is 10.3. The summed E-state index contributed by atoms with van der Waals surface area (Å²) in [6.45, 7) is 3.30. The fourth-order valence-corrected chi connectivity index (χ4v) is 7.41. The monoisotopic (exact) mass is 872 g/mol. The highest BCUT2D eigenvalue weighted by Gasteiger charge is 2.53. The summed E-state index contributed by atoms with van der Waals surface area (Å²) in [6.07, 6.45) is 0.539. The molecule has 3 aromatic carbocycles. The molecule has 5 rings (SSSR count). The van der Waals surface area contributed by atoms with E-state index in [1.807, 2.05) is 0 Å². The summed E-state index contributed by atoms with van der Waals surface area (Å²) in [7, 11) is 0. The Hall–Kier alpha value is -6.86. The van der Waals surface area contributed by atoms with E-state index in [0.717, 1.165) is 0 Å². The van der Waals surface area contributed by atoms with Gasteiger partial charge in [-0.15, -0.1) is 0 Å². The minimum absolute atomic E-state index is 0.138. The minimum atomic E-state index is -1.47. The van der Waals surface area contributed by atoms with Gasteiger partial charge in [0.15, 0.2) is 5.60 Å². The van der Waals surface area contributed by atoms with Crippen molar-refractivity contribution in [2.45, 2.75) is 102 Å². The molecular weight excluding hydrogens is 821 g/mol. The van der Waals surface area contributed by atoms with Gasteiger partial charge in [-0.2, -0.15) is 0 Å².